The number of hydrogen-bond donors (Lipinski definition) is 2. The van der Waals surface area contributed by atoms with E-state index in [1.807, 2.05) is 0 Å². The molecule has 1 aliphatic carbocycles. The molecule has 2 N–H and O–H groups in total. The highest BCUT2D eigenvalue weighted by molar-refractivity contribution is 4.76. The van der Waals surface area contributed by atoms with Crippen LogP contribution in [0.4, 0.5) is 0 Å². The molecule has 0 aliphatic heterocycles. The summed E-state index contributed by atoms with van der Waals surface area (Å²) in [4.78, 5) is 0. The van der Waals surface area contributed by atoms with E-state index < -0.39 is 0 Å². The third kappa shape index (κ3) is 4.49. The fraction of sp³-hybridized carbons (Fsp3) is 1.00. The van der Waals surface area contributed by atoms with Crippen LogP contribution >= 0.6 is 0 Å². The van der Waals surface area contributed by atoms with Crippen LogP contribution in [-0.4, -0.2) is 38.0 Å². The molecule has 0 radical (unpaired) electrons. The van der Waals surface area contributed by atoms with E-state index in [9.17, 15) is 5.11 Å². The molecule has 3 heteroatoms. The molecule has 1 saturated carbocycles. The van der Waals surface area contributed by atoms with E-state index in [-0.39, 0.29) is 6.10 Å². The summed E-state index contributed by atoms with van der Waals surface area (Å²) in [5, 5.41) is 12.7. The van der Waals surface area contributed by atoms with Crippen molar-refractivity contribution in [1.82, 2.24) is 5.32 Å². The molecule has 3 atom stereocenters. The molecule has 0 aromatic carbocycles. The van der Waals surface area contributed by atoms with Gasteiger partial charge >= 0.3 is 0 Å². The lowest BCUT2D eigenvalue weighted by atomic mass is 9.79. The molecule has 0 aromatic heterocycles. The third-order valence-electron chi connectivity index (χ3n) is 3.54. The quantitative estimate of drug-likeness (QED) is 0.704. The van der Waals surface area contributed by atoms with E-state index in [2.05, 4.69) is 12.2 Å². The lowest BCUT2D eigenvalue weighted by Gasteiger charge is -2.30. The minimum absolute atomic E-state index is 0.279. The van der Waals surface area contributed by atoms with Crippen molar-refractivity contribution in [3.8, 4) is 0 Å². The highest BCUT2D eigenvalue weighted by Crippen LogP contribution is 2.28. The van der Waals surface area contributed by atoms with Crippen LogP contribution in [0.1, 0.15) is 32.6 Å². The van der Waals surface area contributed by atoms with Crippen LogP contribution in [0, 0.1) is 11.8 Å². The van der Waals surface area contributed by atoms with Gasteiger partial charge in [0, 0.05) is 20.3 Å². The van der Waals surface area contributed by atoms with Crippen LogP contribution in [0.3, 0.4) is 0 Å². The molecular weight excluding hydrogens is 190 g/mol. The van der Waals surface area contributed by atoms with Crippen LogP contribution in [0.25, 0.3) is 0 Å². The third-order valence-corrected chi connectivity index (χ3v) is 3.54. The van der Waals surface area contributed by atoms with Crippen molar-refractivity contribution in [2.45, 2.75) is 38.7 Å². The molecule has 90 valence electrons. The largest absolute Gasteiger partial charge is 0.396 e. The molecule has 0 amide bonds. The first-order valence-electron chi connectivity index (χ1n) is 6.12. The summed E-state index contributed by atoms with van der Waals surface area (Å²) in [6.45, 7) is 4.35. The zero-order valence-corrected chi connectivity index (χ0v) is 10.0. The summed E-state index contributed by atoms with van der Waals surface area (Å²) in [7, 11) is 1.74. The van der Waals surface area contributed by atoms with E-state index in [0.29, 0.717) is 18.4 Å². The maximum Gasteiger partial charge on any atom is 0.0667 e. The van der Waals surface area contributed by atoms with Gasteiger partial charge in [-0.1, -0.05) is 12.8 Å². The molecule has 0 heterocycles. The molecular formula is C12H25NO2. The van der Waals surface area contributed by atoms with E-state index in [4.69, 9.17) is 4.74 Å². The Morgan fingerprint density at radius 1 is 1.33 bits per heavy atom. The lowest BCUT2D eigenvalue weighted by Crippen LogP contribution is -2.35. The molecule has 0 spiro atoms. The highest BCUT2D eigenvalue weighted by atomic mass is 16.5. The van der Waals surface area contributed by atoms with Crippen molar-refractivity contribution < 1.29 is 9.84 Å². The van der Waals surface area contributed by atoms with Gasteiger partial charge in [-0.2, -0.15) is 0 Å². The van der Waals surface area contributed by atoms with Crippen LogP contribution in [0.5, 0.6) is 0 Å². The van der Waals surface area contributed by atoms with Gasteiger partial charge in [0.15, 0.2) is 0 Å². The monoisotopic (exact) mass is 215 g/mol. The van der Waals surface area contributed by atoms with Crippen molar-refractivity contribution in [1.29, 1.82) is 0 Å². The molecule has 1 aliphatic rings. The average molecular weight is 215 g/mol. The predicted molar refractivity (Wildman–Crippen MR) is 61.9 cm³/mol. The topological polar surface area (TPSA) is 41.5 Å². The van der Waals surface area contributed by atoms with E-state index >= 15 is 0 Å². The van der Waals surface area contributed by atoms with Gasteiger partial charge in [-0.05, 0) is 38.1 Å². The SMILES string of the molecule is COC(C)CNCC1CCCCC1CO. The van der Waals surface area contributed by atoms with Gasteiger partial charge in [-0.25, -0.2) is 0 Å². The van der Waals surface area contributed by atoms with Gasteiger partial charge in [0.05, 0.1) is 6.10 Å². The smallest absolute Gasteiger partial charge is 0.0667 e. The summed E-state index contributed by atoms with van der Waals surface area (Å²) in [6, 6.07) is 0. The average Bonchev–Trinajstić information content (AvgIpc) is 2.29. The molecule has 1 rings (SSSR count). The molecule has 15 heavy (non-hydrogen) atoms. The minimum Gasteiger partial charge on any atom is -0.396 e. The van der Waals surface area contributed by atoms with Crippen molar-refractivity contribution in [3.05, 3.63) is 0 Å². The van der Waals surface area contributed by atoms with Crippen LogP contribution in [-0.2, 0) is 4.74 Å². The summed E-state index contributed by atoms with van der Waals surface area (Å²) >= 11 is 0. The van der Waals surface area contributed by atoms with Gasteiger partial charge in [-0.3, -0.25) is 0 Å². The normalized spacial score (nSPS) is 29.0. The van der Waals surface area contributed by atoms with E-state index in [1.54, 1.807) is 7.11 Å². The van der Waals surface area contributed by atoms with Crippen LogP contribution < -0.4 is 5.32 Å². The van der Waals surface area contributed by atoms with Crippen LogP contribution in [0.15, 0.2) is 0 Å². The first-order valence-corrected chi connectivity index (χ1v) is 6.12. The maximum atomic E-state index is 9.26. The van der Waals surface area contributed by atoms with E-state index in [1.165, 1.54) is 25.7 Å². The first-order chi connectivity index (χ1) is 7.27. The zero-order valence-electron chi connectivity index (χ0n) is 10.0. The molecule has 1 fully saturated rings. The molecule has 3 unspecified atom stereocenters. The number of aliphatic hydroxyl groups excluding tert-OH is 1. The molecule has 3 nitrogen and oxygen atoms in total. The fourth-order valence-electron chi connectivity index (χ4n) is 2.35. The number of hydrogen-bond acceptors (Lipinski definition) is 3. The Morgan fingerprint density at radius 2 is 2.00 bits per heavy atom. The number of nitrogens with one attached hydrogen (secondary N) is 1. The Balaban J connectivity index is 2.17. The highest BCUT2D eigenvalue weighted by Gasteiger charge is 2.23. The van der Waals surface area contributed by atoms with Gasteiger partial charge in [-0.15, -0.1) is 0 Å². The predicted octanol–water partition coefficient (Wildman–Crippen LogP) is 1.41. The first kappa shape index (κ1) is 12.9. The Bertz CT molecular complexity index is 164. The molecule has 0 aromatic rings. The molecule has 0 bridgehead atoms. The van der Waals surface area contributed by atoms with Gasteiger partial charge in [0.25, 0.3) is 0 Å². The Labute approximate surface area is 93.2 Å². The number of ether oxygens (including phenoxy) is 1. The second kappa shape index (κ2) is 7.20. The van der Waals surface area contributed by atoms with Crippen molar-refractivity contribution >= 4 is 0 Å². The van der Waals surface area contributed by atoms with Gasteiger partial charge in [0.1, 0.15) is 0 Å². The summed E-state index contributed by atoms with van der Waals surface area (Å²) in [5.74, 6) is 1.18. The summed E-state index contributed by atoms with van der Waals surface area (Å²) in [5.41, 5.74) is 0. The Kier molecular flexibility index (Phi) is 6.22. The number of rotatable bonds is 6. The molecule has 0 saturated heterocycles. The maximum absolute atomic E-state index is 9.26. The second-order valence-electron chi connectivity index (χ2n) is 4.69. The van der Waals surface area contributed by atoms with Crippen LogP contribution in [0.2, 0.25) is 0 Å². The van der Waals surface area contributed by atoms with Crippen molar-refractivity contribution in [2.75, 3.05) is 26.8 Å². The van der Waals surface area contributed by atoms with Gasteiger partial charge in [0.2, 0.25) is 0 Å². The summed E-state index contributed by atoms with van der Waals surface area (Å²) < 4.78 is 5.18. The lowest BCUT2D eigenvalue weighted by molar-refractivity contribution is 0.106. The Morgan fingerprint density at radius 3 is 2.60 bits per heavy atom. The number of methoxy groups -OCH3 is 1. The van der Waals surface area contributed by atoms with Crippen molar-refractivity contribution in [2.24, 2.45) is 11.8 Å². The van der Waals surface area contributed by atoms with Crippen molar-refractivity contribution in [3.63, 3.8) is 0 Å². The van der Waals surface area contributed by atoms with E-state index in [0.717, 1.165) is 13.1 Å². The minimum atomic E-state index is 0.279. The zero-order chi connectivity index (χ0) is 11.1. The summed E-state index contributed by atoms with van der Waals surface area (Å²) in [6.07, 6.45) is 5.35. The standard InChI is InChI=1S/C12H25NO2/c1-10(15-2)7-13-8-11-5-3-4-6-12(11)9-14/h10-14H,3-9H2,1-2H3. The second-order valence-corrected chi connectivity index (χ2v) is 4.69. The number of aliphatic hydroxyl groups is 1. The fourth-order valence-corrected chi connectivity index (χ4v) is 2.35. The Hall–Kier alpha value is -0.120. The van der Waals surface area contributed by atoms with Gasteiger partial charge < -0.3 is 15.2 Å².